The number of nitrogens with zero attached hydrogens (tertiary/aromatic N) is 3. The van der Waals surface area contributed by atoms with Crippen LogP contribution in [0.1, 0.15) is 0 Å². The summed E-state index contributed by atoms with van der Waals surface area (Å²) >= 11 is 1.56. The first-order valence-electron chi connectivity index (χ1n) is 8.35. The molecule has 2 aromatic heterocycles. The van der Waals surface area contributed by atoms with E-state index >= 15 is 0 Å². The SMILES string of the molecule is CN(C)CCn1c2ccc(F)cc2c(=O)c2ccc(-c3nccs3)cc21. The second kappa shape index (κ2) is 6.63. The van der Waals surface area contributed by atoms with E-state index in [0.29, 0.717) is 17.3 Å². The number of hydrogen-bond acceptors (Lipinski definition) is 4. The van der Waals surface area contributed by atoms with Gasteiger partial charge in [-0.1, -0.05) is 6.07 Å². The molecular weight excluding hydrogens is 349 g/mol. The van der Waals surface area contributed by atoms with E-state index in [1.54, 1.807) is 23.6 Å². The number of pyridine rings is 1. The number of thiazole rings is 1. The van der Waals surface area contributed by atoms with Crippen molar-refractivity contribution in [2.45, 2.75) is 6.54 Å². The maximum atomic E-state index is 13.7. The van der Waals surface area contributed by atoms with Gasteiger partial charge in [0.15, 0.2) is 5.43 Å². The van der Waals surface area contributed by atoms with E-state index in [-0.39, 0.29) is 5.43 Å². The summed E-state index contributed by atoms with van der Waals surface area (Å²) in [5.74, 6) is -0.396. The molecule has 4 nitrogen and oxygen atoms in total. The number of aromatic nitrogens is 2. The lowest BCUT2D eigenvalue weighted by Gasteiger charge is -2.18. The summed E-state index contributed by atoms with van der Waals surface area (Å²) in [6.45, 7) is 1.51. The molecule has 0 N–H and O–H groups in total. The maximum absolute atomic E-state index is 13.7. The highest BCUT2D eigenvalue weighted by Gasteiger charge is 2.13. The summed E-state index contributed by atoms with van der Waals surface area (Å²) in [4.78, 5) is 19.4. The molecule has 0 radical (unpaired) electrons. The van der Waals surface area contributed by atoms with Crippen molar-refractivity contribution in [2.24, 2.45) is 0 Å². The lowest BCUT2D eigenvalue weighted by molar-refractivity contribution is 0.389. The molecule has 4 aromatic rings. The van der Waals surface area contributed by atoms with E-state index in [1.807, 2.05) is 37.7 Å². The smallest absolute Gasteiger partial charge is 0.197 e. The number of benzene rings is 2. The fourth-order valence-corrected chi connectivity index (χ4v) is 3.82. The molecule has 0 aliphatic carbocycles. The van der Waals surface area contributed by atoms with E-state index in [9.17, 15) is 9.18 Å². The summed E-state index contributed by atoms with van der Waals surface area (Å²) in [7, 11) is 4.02. The zero-order valence-electron chi connectivity index (χ0n) is 14.6. The van der Waals surface area contributed by atoms with Crippen molar-refractivity contribution < 1.29 is 4.39 Å². The van der Waals surface area contributed by atoms with Crippen LogP contribution in [-0.4, -0.2) is 35.1 Å². The van der Waals surface area contributed by atoms with Crippen LogP contribution in [-0.2, 0) is 6.54 Å². The van der Waals surface area contributed by atoms with Gasteiger partial charge in [-0.05, 0) is 44.4 Å². The Hall–Kier alpha value is -2.57. The molecule has 2 aromatic carbocycles. The average Bonchev–Trinajstić information content (AvgIpc) is 3.16. The van der Waals surface area contributed by atoms with Gasteiger partial charge in [-0.3, -0.25) is 4.79 Å². The van der Waals surface area contributed by atoms with Crippen molar-refractivity contribution in [3.8, 4) is 10.6 Å². The third-order valence-electron chi connectivity index (χ3n) is 4.48. The van der Waals surface area contributed by atoms with Gasteiger partial charge in [0.2, 0.25) is 0 Å². The lowest BCUT2D eigenvalue weighted by atomic mass is 10.1. The van der Waals surface area contributed by atoms with Gasteiger partial charge in [-0.25, -0.2) is 9.37 Å². The second-order valence-corrected chi connectivity index (χ2v) is 7.41. The van der Waals surface area contributed by atoms with Crippen molar-refractivity contribution in [2.75, 3.05) is 20.6 Å². The minimum absolute atomic E-state index is 0.138. The molecule has 2 heterocycles. The summed E-state index contributed by atoms with van der Waals surface area (Å²) in [6.07, 6.45) is 1.77. The number of likely N-dealkylation sites (N-methyl/N-ethyl adjacent to an activating group) is 1. The van der Waals surface area contributed by atoms with Gasteiger partial charge < -0.3 is 9.47 Å². The molecule has 0 aliphatic rings. The molecule has 0 fully saturated rings. The first-order valence-corrected chi connectivity index (χ1v) is 9.23. The molecule has 6 heteroatoms. The zero-order chi connectivity index (χ0) is 18.3. The van der Waals surface area contributed by atoms with Crippen molar-refractivity contribution in [3.63, 3.8) is 0 Å². The summed E-state index contributed by atoms with van der Waals surface area (Å²) in [5.41, 5.74) is 2.44. The summed E-state index contributed by atoms with van der Waals surface area (Å²) < 4.78 is 15.8. The van der Waals surface area contributed by atoms with Crippen molar-refractivity contribution in [1.82, 2.24) is 14.5 Å². The molecule has 0 atom stereocenters. The number of halogens is 1. The normalized spacial score (nSPS) is 11.7. The highest BCUT2D eigenvalue weighted by molar-refractivity contribution is 7.13. The second-order valence-electron chi connectivity index (χ2n) is 6.51. The Morgan fingerprint density at radius 2 is 1.96 bits per heavy atom. The molecule has 0 unspecified atom stereocenters. The Labute approximate surface area is 154 Å². The highest BCUT2D eigenvalue weighted by atomic mass is 32.1. The van der Waals surface area contributed by atoms with Gasteiger partial charge in [0, 0.05) is 41.0 Å². The Kier molecular flexibility index (Phi) is 4.30. The van der Waals surface area contributed by atoms with E-state index < -0.39 is 5.82 Å². The van der Waals surface area contributed by atoms with Gasteiger partial charge in [-0.15, -0.1) is 11.3 Å². The molecule has 0 bridgehead atoms. The van der Waals surface area contributed by atoms with Gasteiger partial charge in [0.1, 0.15) is 10.8 Å². The molecular formula is C20H18FN3OS. The van der Waals surface area contributed by atoms with Crippen LogP contribution >= 0.6 is 11.3 Å². The maximum Gasteiger partial charge on any atom is 0.197 e. The number of fused-ring (bicyclic) bond motifs is 2. The van der Waals surface area contributed by atoms with Crippen LogP contribution in [0.15, 0.2) is 52.8 Å². The Bertz CT molecular complexity index is 1150. The van der Waals surface area contributed by atoms with E-state index in [2.05, 4.69) is 14.5 Å². The highest BCUT2D eigenvalue weighted by Crippen LogP contribution is 2.27. The Balaban J connectivity index is 2.05. The van der Waals surface area contributed by atoms with Crippen LogP contribution in [0.5, 0.6) is 0 Å². The predicted octanol–water partition coefficient (Wildman–Crippen LogP) is 3.98. The standard InChI is InChI=1S/C20H18FN3OS/c1-23(2)8-9-24-17-6-4-14(21)12-16(17)19(25)15-5-3-13(11-18(15)24)20-22-7-10-26-20/h3-7,10-12H,8-9H2,1-2H3. The van der Waals surface area contributed by atoms with Crippen molar-refractivity contribution >= 4 is 33.1 Å². The van der Waals surface area contributed by atoms with Gasteiger partial charge in [0.05, 0.1) is 11.0 Å². The van der Waals surface area contributed by atoms with Crippen LogP contribution in [0.25, 0.3) is 32.4 Å². The van der Waals surface area contributed by atoms with Gasteiger partial charge in [-0.2, -0.15) is 0 Å². The lowest BCUT2D eigenvalue weighted by Crippen LogP contribution is -2.21. The molecule has 0 aliphatic heterocycles. The quantitative estimate of drug-likeness (QED) is 0.512. The van der Waals surface area contributed by atoms with Crippen LogP contribution in [0, 0.1) is 5.82 Å². The first-order chi connectivity index (χ1) is 12.5. The monoisotopic (exact) mass is 367 g/mol. The Morgan fingerprint density at radius 3 is 2.69 bits per heavy atom. The minimum Gasteiger partial charge on any atom is -0.339 e. The Morgan fingerprint density at radius 1 is 1.12 bits per heavy atom. The topological polar surface area (TPSA) is 38.1 Å². The number of hydrogen-bond donors (Lipinski definition) is 0. The molecule has 0 saturated heterocycles. The first kappa shape index (κ1) is 16.9. The molecule has 0 spiro atoms. The zero-order valence-corrected chi connectivity index (χ0v) is 15.4. The molecule has 0 amide bonds. The van der Waals surface area contributed by atoms with Gasteiger partial charge >= 0.3 is 0 Å². The van der Waals surface area contributed by atoms with Crippen molar-refractivity contribution in [3.05, 3.63) is 64.0 Å². The van der Waals surface area contributed by atoms with Crippen LogP contribution in [0.4, 0.5) is 4.39 Å². The third-order valence-corrected chi connectivity index (χ3v) is 5.30. The fourth-order valence-electron chi connectivity index (χ4n) is 3.19. The average molecular weight is 367 g/mol. The third kappa shape index (κ3) is 2.91. The fraction of sp³-hybridized carbons (Fsp3) is 0.200. The van der Waals surface area contributed by atoms with E-state index in [1.165, 1.54) is 12.1 Å². The predicted molar refractivity (Wildman–Crippen MR) is 105 cm³/mol. The van der Waals surface area contributed by atoms with Crippen LogP contribution in [0.2, 0.25) is 0 Å². The van der Waals surface area contributed by atoms with Gasteiger partial charge in [0.25, 0.3) is 0 Å². The van der Waals surface area contributed by atoms with Crippen LogP contribution in [0.3, 0.4) is 0 Å². The van der Waals surface area contributed by atoms with Crippen LogP contribution < -0.4 is 5.43 Å². The minimum atomic E-state index is -0.396. The van der Waals surface area contributed by atoms with Crippen molar-refractivity contribution in [1.29, 1.82) is 0 Å². The van der Waals surface area contributed by atoms with E-state index in [4.69, 9.17) is 0 Å². The van der Waals surface area contributed by atoms with E-state index in [0.717, 1.165) is 28.1 Å². The number of rotatable bonds is 4. The molecule has 0 saturated carbocycles. The molecule has 4 rings (SSSR count). The largest absolute Gasteiger partial charge is 0.339 e. The summed E-state index contributed by atoms with van der Waals surface area (Å²) in [6, 6.07) is 10.2. The molecule has 132 valence electrons. The summed E-state index contributed by atoms with van der Waals surface area (Å²) in [5, 5.41) is 3.86. The molecule has 26 heavy (non-hydrogen) atoms.